The molecule has 0 fully saturated rings. The molecule has 0 spiro atoms. The normalized spacial score (nSPS) is 12.2. The van der Waals surface area contributed by atoms with E-state index in [1.54, 1.807) is 0 Å². The SMILES string of the molecule is c1ccc([Si](c2ccccc2)(c2cccc(-c3cc(-n4c5ccccc5c5ccccc54)nc(-n4c5ccccc5n5c6ccccc6nc45)c3)c2)c2cccc(-c3cc(-n4c5ccccc5c5ccccc54)nc(-n4c5ccccc5n5c6ccccc6nc45)c3)c2)cc1. The highest BCUT2D eigenvalue weighted by Crippen LogP contribution is 2.39. The summed E-state index contributed by atoms with van der Waals surface area (Å²) in [6.07, 6.45) is 0. The van der Waals surface area contributed by atoms with E-state index in [1.165, 1.54) is 42.3 Å². The molecule has 0 N–H and O–H groups in total. The van der Waals surface area contributed by atoms with Gasteiger partial charge in [0.05, 0.1) is 66.2 Å². The lowest BCUT2D eigenvalue weighted by Gasteiger charge is -2.35. The third kappa shape index (κ3) is 7.84. The summed E-state index contributed by atoms with van der Waals surface area (Å²) < 4.78 is 13.7. The number of aromatic nitrogens is 10. The van der Waals surface area contributed by atoms with Crippen LogP contribution in [0.15, 0.2) is 328 Å². The number of pyridine rings is 2. The number of hydrogen-bond acceptors (Lipinski definition) is 4. The number of imidazole rings is 4. The van der Waals surface area contributed by atoms with Crippen LogP contribution in [0.4, 0.5) is 0 Å². The molecule has 0 aliphatic heterocycles. The Morgan fingerprint density at radius 2 is 0.495 bits per heavy atom. The van der Waals surface area contributed by atoms with Crippen LogP contribution in [0.3, 0.4) is 0 Å². The first-order valence-corrected chi connectivity index (χ1v) is 34.2. The van der Waals surface area contributed by atoms with E-state index in [0.29, 0.717) is 0 Å². The van der Waals surface area contributed by atoms with Crippen molar-refractivity contribution < 1.29 is 0 Å². The van der Waals surface area contributed by atoms with E-state index in [-0.39, 0.29) is 0 Å². The van der Waals surface area contributed by atoms with Crippen LogP contribution < -0.4 is 20.7 Å². The zero-order valence-corrected chi connectivity index (χ0v) is 52.1. The van der Waals surface area contributed by atoms with Gasteiger partial charge in [-0.25, -0.2) is 19.9 Å². The number of benzene rings is 12. The predicted molar refractivity (Wildman–Crippen MR) is 391 cm³/mol. The Hall–Kier alpha value is -12.7. The van der Waals surface area contributed by atoms with Crippen LogP contribution >= 0.6 is 0 Å². The fourth-order valence-corrected chi connectivity index (χ4v) is 20.3. The van der Waals surface area contributed by atoms with Crippen LogP contribution in [0.25, 0.3) is 145 Å². The lowest BCUT2D eigenvalue weighted by atomic mass is 10.1. The van der Waals surface area contributed by atoms with Gasteiger partial charge in [-0.15, -0.1) is 0 Å². The van der Waals surface area contributed by atoms with Crippen molar-refractivity contribution in [3.8, 4) is 45.5 Å². The standard InChI is InChI=1S/C84H54N10Si/c1-3-27-59(28-4-1)95(60-29-5-2-6-30-60,61-31-23-25-55(49-61)57-51-79(89-69-39-13-7-33-63(69)64-34-8-14-40-70(64)89)87-81(53-57)93-77-47-21-19-45-75(77)91-73-43-17-11-37-67(73)85-83(91)93)62-32-24-26-56(50-62)58-52-80(90-71-41-15-9-35-65(71)66-36-10-16-42-72(66)90)88-82(54-58)94-78-48-22-20-46-76(78)92-74-44-18-12-38-68(74)86-84(92)94/h1-54H. The molecular weight excluding hydrogens is 1180 g/mol. The first kappa shape index (κ1) is 53.0. The summed E-state index contributed by atoms with van der Waals surface area (Å²) in [4.78, 5) is 22.2. The Bertz CT molecular complexity index is 6000. The van der Waals surface area contributed by atoms with E-state index in [0.717, 1.165) is 123 Å². The van der Waals surface area contributed by atoms with Crippen LogP contribution in [-0.2, 0) is 0 Å². The fourth-order valence-electron chi connectivity index (χ4n) is 15.5. The third-order valence-electron chi connectivity index (χ3n) is 19.6. The van der Waals surface area contributed by atoms with Crippen molar-refractivity contribution in [2.24, 2.45) is 0 Å². The smallest absolute Gasteiger partial charge is 0.221 e. The second kappa shape index (κ2) is 20.7. The summed E-state index contributed by atoms with van der Waals surface area (Å²) >= 11 is 0. The molecule has 0 saturated carbocycles. The van der Waals surface area contributed by atoms with E-state index >= 15 is 0 Å². The van der Waals surface area contributed by atoms with E-state index in [9.17, 15) is 0 Å². The molecule has 0 atom stereocenters. The van der Waals surface area contributed by atoms with Crippen LogP contribution in [0.1, 0.15) is 0 Å². The van der Waals surface area contributed by atoms with Crippen molar-refractivity contribution in [2.45, 2.75) is 0 Å². The zero-order chi connectivity index (χ0) is 62.3. The number of rotatable bonds is 10. The molecule has 444 valence electrons. The van der Waals surface area contributed by atoms with Crippen molar-refractivity contribution in [2.75, 3.05) is 0 Å². The molecule has 8 aromatic heterocycles. The van der Waals surface area contributed by atoms with Gasteiger partial charge >= 0.3 is 0 Å². The number of para-hydroxylation sites is 12. The second-order valence-corrected chi connectivity index (χ2v) is 28.5. The van der Waals surface area contributed by atoms with Gasteiger partial charge in [0.25, 0.3) is 0 Å². The highest BCUT2D eigenvalue weighted by Gasteiger charge is 2.42. The third-order valence-corrected chi connectivity index (χ3v) is 24.3. The van der Waals surface area contributed by atoms with Crippen molar-refractivity contribution in [3.05, 3.63) is 328 Å². The van der Waals surface area contributed by atoms with Gasteiger partial charge in [-0.2, -0.15) is 0 Å². The Morgan fingerprint density at radius 1 is 0.200 bits per heavy atom. The summed E-state index contributed by atoms with van der Waals surface area (Å²) in [5, 5.41) is 9.69. The monoisotopic (exact) mass is 1230 g/mol. The summed E-state index contributed by atoms with van der Waals surface area (Å²) in [6.45, 7) is 0. The van der Waals surface area contributed by atoms with Crippen LogP contribution in [0.5, 0.6) is 0 Å². The summed E-state index contributed by atoms with van der Waals surface area (Å²) in [6, 6.07) is 119. The van der Waals surface area contributed by atoms with Gasteiger partial charge in [-0.05, 0) is 140 Å². The largest absolute Gasteiger partial charge is 0.294 e. The summed E-state index contributed by atoms with van der Waals surface area (Å²) in [7, 11) is -3.30. The maximum atomic E-state index is 5.75. The van der Waals surface area contributed by atoms with Gasteiger partial charge in [-0.3, -0.25) is 27.1 Å². The maximum absolute atomic E-state index is 5.75. The maximum Gasteiger partial charge on any atom is 0.221 e. The van der Waals surface area contributed by atoms with Crippen LogP contribution in [0.2, 0.25) is 0 Å². The fraction of sp³-hybridized carbons (Fsp3) is 0. The van der Waals surface area contributed by atoms with Crippen molar-refractivity contribution >= 4 is 128 Å². The zero-order valence-electron chi connectivity index (χ0n) is 51.1. The Kier molecular flexibility index (Phi) is 11.5. The molecule has 95 heavy (non-hydrogen) atoms. The molecule has 0 radical (unpaired) electrons. The highest BCUT2D eigenvalue weighted by molar-refractivity contribution is 7.20. The number of fused-ring (bicyclic) bond motifs is 16. The molecule has 0 saturated heterocycles. The Balaban J connectivity index is 0.835. The second-order valence-electron chi connectivity index (χ2n) is 24.6. The minimum absolute atomic E-state index is 0.764. The van der Waals surface area contributed by atoms with E-state index in [2.05, 4.69) is 355 Å². The van der Waals surface area contributed by atoms with E-state index in [4.69, 9.17) is 19.9 Å². The van der Waals surface area contributed by atoms with Crippen LogP contribution in [-0.4, -0.2) is 55.1 Å². The van der Waals surface area contributed by atoms with Crippen molar-refractivity contribution in [1.82, 2.24) is 47.0 Å². The number of hydrogen-bond donors (Lipinski definition) is 0. The predicted octanol–water partition coefficient (Wildman–Crippen LogP) is 16.9. The van der Waals surface area contributed by atoms with Gasteiger partial charge in [0, 0.05) is 21.5 Å². The molecule has 12 aromatic carbocycles. The molecule has 0 amide bonds. The summed E-state index contributed by atoms with van der Waals surface area (Å²) in [5.74, 6) is 4.74. The quantitative estimate of drug-likeness (QED) is 0.101. The van der Waals surface area contributed by atoms with Gasteiger partial charge in [0.1, 0.15) is 23.3 Å². The molecule has 11 heteroatoms. The molecule has 0 unspecified atom stereocenters. The lowest BCUT2D eigenvalue weighted by Crippen LogP contribution is -2.74. The molecule has 10 nitrogen and oxygen atoms in total. The average molecular weight is 1230 g/mol. The van der Waals surface area contributed by atoms with Crippen molar-refractivity contribution in [3.63, 3.8) is 0 Å². The van der Waals surface area contributed by atoms with E-state index in [1.807, 2.05) is 0 Å². The molecule has 8 heterocycles. The minimum Gasteiger partial charge on any atom is -0.294 e. The van der Waals surface area contributed by atoms with Gasteiger partial charge in [-0.1, -0.05) is 231 Å². The lowest BCUT2D eigenvalue weighted by molar-refractivity contribution is 0.996. The topological polar surface area (TPSA) is 80.1 Å². The average Bonchev–Trinajstić information content (AvgIpc) is 1.68. The van der Waals surface area contributed by atoms with Crippen molar-refractivity contribution in [1.29, 1.82) is 0 Å². The molecule has 0 aliphatic carbocycles. The Labute approximate surface area is 545 Å². The first-order valence-electron chi connectivity index (χ1n) is 32.2. The molecule has 20 aromatic rings. The molecule has 0 aliphatic rings. The van der Waals surface area contributed by atoms with Gasteiger partial charge in [0.15, 0.2) is 8.07 Å². The first-order chi connectivity index (χ1) is 47.1. The van der Waals surface area contributed by atoms with Crippen LogP contribution in [0, 0.1) is 0 Å². The van der Waals surface area contributed by atoms with E-state index < -0.39 is 8.07 Å². The molecule has 0 bridgehead atoms. The molecular formula is C84H54N10Si. The Morgan fingerprint density at radius 3 is 0.874 bits per heavy atom. The highest BCUT2D eigenvalue weighted by atomic mass is 28.3. The minimum atomic E-state index is -3.30. The summed E-state index contributed by atoms with van der Waals surface area (Å²) in [5.41, 5.74) is 16.6. The van der Waals surface area contributed by atoms with Gasteiger partial charge < -0.3 is 0 Å². The number of nitrogens with zero attached hydrogens (tertiary/aromatic N) is 10. The molecule has 20 rings (SSSR count). The van der Waals surface area contributed by atoms with Gasteiger partial charge in [0.2, 0.25) is 11.6 Å².